The van der Waals surface area contributed by atoms with Crippen LogP contribution in [-0.4, -0.2) is 28.7 Å². The third kappa shape index (κ3) is 7.14. The van der Waals surface area contributed by atoms with Gasteiger partial charge in [0, 0.05) is 35.9 Å². The third-order valence-corrected chi connectivity index (χ3v) is 4.26. The van der Waals surface area contributed by atoms with Crippen molar-refractivity contribution in [1.82, 2.24) is 15.5 Å². The first-order chi connectivity index (χ1) is 15.0. The molecule has 9 nitrogen and oxygen atoms in total. The van der Waals surface area contributed by atoms with Crippen LogP contribution < -0.4 is 21.3 Å². The van der Waals surface area contributed by atoms with Gasteiger partial charge in [-0.25, -0.2) is 9.59 Å². The van der Waals surface area contributed by atoms with E-state index in [1.165, 1.54) is 0 Å². The summed E-state index contributed by atoms with van der Waals surface area (Å²) in [6.07, 6.45) is 1.27. The maximum atomic E-state index is 12.1. The van der Waals surface area contributed by atoms with Crippen LogP contribution in [0.15, 0.2) is 59.1 Å². The van der Waals surface area contributed by atoms with Gasteiger partial charge in [-0.2, -0.15) is 4.98 Å². The molecule has 4 amide bonds. The fourth-order valence-electron chi connectivity index (χ4n) is 2.71. The molecule has 0 fully saturated rings. The van der Waals surface area contributed by atoms with Crippen LogP contribution in [0.3, 0.4) is 0 Å². The Morgan fingerprint density at radius 1 is 0.903 bits per heavy atom. The summed E-state index contributed by atoms with van der Waals surface area (Å²) in [5, 5.41) is 14.9. The van der Waals surface area contributed by atoms with E-state index in [0.717, 1.165) is 0 Å². The van der Waals surface area contributed by atoms with Crippen molar-refractivity contribution in [3.8, 4) is 0 Å². The Morgan fingerprint density at radius 3 is 2.23 bits per heavy atom. The maximum absolute atomic E-state index is 12.1. The molecule has 31 heavy (non-hydrogen) atoms. The second-order valence-electron chi connectivity index (χ2n) is 7.21. The zero-order chi connectivity index (χ0) is 22.1. The normalized spacial score (nSPS) is 10.5. The number of nitrogens with one attached hydrogen (secondary N) is 4. The zero-order valence-corrected chi connectivity index (χ0v) is 17.5. The van der Waals surface area contributed by atoms with Gasteiger partial charge in [0.1, 0.15) is 0 Å². The topological polar surface area (TPSA) is 121 Å². The highest BCUT2D eigenvalue weighted by atomic mass is 16.5. The average Bonchev–Trinajstić information content (AvgIpc) is 3.21. The number of aryl methyl sites for hydroxylation is 1. The molecule has 3 rings (SSSR count). The summed E-state index contributed by atoms with van der Waals surface area (Å²) in [5.74, 6) is 1.47. The molecule has 0 radical (unpaired) electrons. The highest BCUT2D eigenvalue weighted by Gasteiger charge is 2.10. The highest BCUT2D eigenvalue weighted by molar-refractivity contribution is 6.00. The molecule has 1 heterocycles. The van der Waals surface area contributed by atoms with Crippen molar-refractivity contribution in [2.45, 2.75) is 32.6 Å². The fraction of sp³-hybridized carbons (Fsp3) is 0.273. The summed E-state index contributed by atoms with van der Waals surface area (Å²) in [5.41, 5.74) is 1.81. The van der Waals surface area contributed by atoms with E-state index >= 15 is 0 Å². The van der Waals surface area contributed by atoms with Crippen LogP contribution >= 0.6 is 0 Å². The number of urea groups is 2. The molecule has 0 aliphatic carbocycles. The summed E-state index contributed by atoms with van der Waals surface area (Å²) < 4.78 is 5.18. The van der Waals surface area contributed by atoms with E-state index in [2.05, 4.69) is 31.4 Å². The van der Waals surface area contributed by atoms with E-state index in [1.807, 2.05) is 32.0 Å². The molecule has 0 bridgehead atoms. The van der Waals surface area contributed by atoms with Gasteiger partial charge in [0.2, 0.25) is 5.89 Å². The van der Waals surface area contributed by atoms with Gasteiger partial charge in [-0.05, 0) is 36.8 Å². The molecule has 0 spiro atoms. The Kier molecular flexibility index (Phi) is 7.58. The van der Waals surface area contributed by atoms with E-state index in [0.29, 0.717) is 48.2 Å². The van der Waals surface area contributed by atoms with E-state index in [4.69, 9.17) is 4.52 Å². The van der Waals surface area contributed by atoms with Gasteiger partial charge >= 0.3 is 12.1 Å². The third-order valence-electron chi connectivity index (χ3n) is 4.26. The van der Waals surface area contributed by atoms with Crippen LogP contribution in [0.25, 0.3) is 0 Å². The number of hydrogen-bond donors (Lipinski definition) is 4. The zero-order valence-electron chi connectivity index (χ0n) is 17.5. The van der Waals surface area contributed by atoms with Crippen LogP contribution in [0.5, 0.6) is 0 Å². The number of rotatable bonds is 8. The summed E-state index contributed by atoms with van der Waals surface area (Å²) in [4.78, 5) is 28.5. The van der Waals surface area contributed by atoms with E-state index < -0.39 is 0 Å². The van der Waals surface area contributed by atoms with Crippen LogP contribution in [-0.2, 0) is 6.42 Å². The highest BCUT2D eigenvalue weighted by Crippen LogP contribution is 2.16. The fourth-order valence-corrected chi connectivity index (χ4v) is 2.71. The van der Waals surface area contributed by atoms with Gasteiger partial charge in [0.25, 0.3) is 0 Å². The van der Waals surface area contributed by atoms with Gasteiger partial charge in [0.05, 0.1) is 0 Å². The number of benzene rings is 2. The molecular formula is C22H26N6O3. The van der Waals surface area contributed by atoms with Gasteiger partial charge in [-0.15, -0.1) is 0 Å². The molecule has 0 aliphatic heterocycles. The summed E-state index contributed by atoms with van der Waals surface area (Å²) in [6.45, 7) is 4.46. The van der Waals surface area contributed by atoms with Crippen molar-refractivity contribution in [2.75, 3.05) is 22.5 Å². The number of hydrogen-bond acceptors (Lipinski definition) is 5. The molecule has 162 valence electrons. The molecule has 0 atom stereocenters. The van der Waals surface area contributed by atoms with Crippen molar-refractivity contribution in [2.24, 2.45) is 0 Å². The minimum Gasteiger partial charge on any atom is -0.339 e. The molecule has 2 aromatic carbocycles. The number of para-hydroxylation sites is 1. The number of carbonyl (C=O) groups excluding carboxylic acids is 2. The number of nitrogens with zero attached hydrogens (tertiary/aromatic N) is 2. The van der Waals surface area contributed by atoms with E-state index in [-0.39, 0.29) is 18.0 Å². The first-order valence-corrected chi connectivity index (χ1v) is 10.1. The summed E-state index contributed by atoms with van der Waals surface area (Å²) in [6, 6.07) is 15.3. The van der Waals surface area contributed by atoms with Gasteiger partial charge in [0.15, 0.2) is 5.82 Å². The molecule has 9 heteroatoms. The van der Waals surface area contributed by atoms with Gasteiger partial charge < -0.3 is 25.8 Å². The predicted octanol–water partition coefficient (Wildman–Crippen LogP) is 4.59. The molecular weight excluding hydrogens is 396 g/mol. The maximum Gasteiger partial charge on any atom is 0.323 e. The van der Waals surface area contributed by atoms with Crippen molar-refractivity contribution < 1.29 is 14.1 Å². The quantitative estimate of drug-likeness (QED) is 0.396. The minimum absolute atomic E-state index is 0.219. The Bertz CT molecular complexity index is 1000. The van der Waals surface area contributed by atoms with Crippen molar-refractivity contribution in [3.63, 3.8) is 0 Å². The Hall–Kier alpha value is -3.88. The lowest BCUT2D eigenvalue weighted by molar-refractivity contribution is 0.251. The lowest BCUT2D eigenvalue weighted by Crippen LogP contribution is -2.29. The van der Waals surface area contributed by atoms with Crippen LogP contribution in [0.4, 0.5) is 26.7 Å². The molecule has 0 saturated heterocycles. The van der Waals surface area contributed by atoms with Crippen molar-refractivity contribution in [1.29, 1.82) is 0 Å². The molecule has 0 saturated carbocycles. The van der Waals surface area contributed by atoms with E-state index in [9.17, 15) is 9.59 Å². The Balaban J connectivity index is 1.41. The lowest BCUT2D eigenvalue weighted by Gasteiger charge is -2.10. The summed E-state index contributed by atoms with van der Waals surface area (Å²) in [7, 11) is 0. The SMILES string of the molecule is CC(C)c1noc(CCCNC(=O)Nc2cccc(NC(=O)Nc3ccccc3)c2)n1. The number of anilines is 3. The summed E-state index contributed by atoms with van der Waals surface area (Å²) >= 11 is 0. The predicted molar refractivity (Wildman–Crippen MR) is 119 cm³/mol. The van der Waals surface area contributed by atoms with Crippen molar-refractivity contribution >= 4 is 29.1 Å². The minimum atomic E-state index is -0.366. The lowest BCUT2D eigenvalue weighted by atomic mass is 10.2. The monoisotopic (exact) mass is 422 g/mol. The Morgan fingerprint density at radius 2 is 1.55 bits per heavy atom. The molecule has 4 N–H and O–H groups in total. The molecule has 3 aromatic rings. The number of aromatic nitrogens is 2. The van der Waals surface area contributed by atoms with Crippen LogP contribution in [0, 0.1) is 0 Å². The van der Waals surface area contributed by atoms with Gasteiger partial charge in [-0.3, -0.25) is 0 Å². The smallest absolute Gasteiger partial charge is 0.323 e. The number of amides is 4. The van der Waals surface area contributed by atoms with Crippen LogP contribution in [0.1, 0.15) is 37.9 Å². The Labute approximate surface area is 180 Å². The average molecular weight is 422 g/mol. The van der Waals surface area contributed by atoms with Crippen molar-refractivity contribution in [3.05, 3.63) is 66.3 Å². The first kappa shape index (κ1) is 21.8. The first-order valence-electron chi connectivity index (χ1n) is 10.1. The largest absolute Gasteiger partial charge is 0.339 e. The molecule has 1 aromatic heterocycles. The molecule has 0 unspecified atom stereocenters. The van der Waals surface area contributed by atoms with Gasteiger partial charge in [-0.1, -0.05) is 43.3 Å². The van der Waals surface area contributed by atoms with Crippen LogP contribution in [0.2, 0.25) is 0 Å². The molecule has 0 aliphatic rings. The second kappa shape index (κ2) is 10.8. The standard InChI is InChI=1S/C22H26N6O3/c1-15(2)20-27-19(31-28-20)12-7-13-23-21(29)25-17-10-6-11-18(14-17)26-22(30)24-16-8-4-3-5-9-16/h3-6,8-11,14-15H,7,12-13H2,1-2H3,(H2,23,25,29)(H2,24,26,30). The number of carbonyl (C=O) groups is 2. The van der Waals surface area contributed by atoms with E-state index in [1.54, 1.807) is 36.4 Å². The second-order valence-corrected chi connectivity index (χ2v) is 7.21.